The molecule has 0 aromatic heterocycles. The molecule has 0 N–H and O–H groups in total. The van der Waals surface area contributed by atoms with Crippen LogP contribution < -0.4 is 14.7 Å². The van der Waals surface area contributed by atoms with Crippen LogP contribution >= 0.6 is 0 Å². The van der Waals surface area contributed by atoms with E-state index in [1.807, 2.05) is 54.6 Å². The van der Waals surface area contributed by atoms with Crippen molar-refractivity contribution in [1.29, 1.82) is 0 Å². The van der Waals surface area contributed by atoms with Crippen molar-refractivity contribution in [2.45, 2.75) is 12.1 Å². The van der Waals surface area contributed by atoms with Gasteiger partial charge in [-0.25, -0.2) is 14.4 Å². The van der Waals surface area contributed by atoms with Gasteiger partial charge in [0.1, 0.15) is 17.5 Å². The maximum absolute atomic E-state index is 13.4. The molecule has 156 valence electrons. The van der Waals surface area contributed by atoms with E-state index in [1.165, 1.54) is 24.3 Å². The van der Waals surface area contributed by atoms with Crippen molar-refractivity contribution in [2.24, 2.45) is 5.92 Å². The second-order valence-electron chi connectivity index (χ2n) is 7.42. The van der Waals surface area contributed by atoms with Gasteiger partial charge >= 0.3 is 0 Å². The second-order valence-corrected chi connectivity index (χ2v) is 7.42. The number of ether oxygens (including phenoxy) is 1. The van der Waals surface area contributed by atoms with Crippen LogP contribution in [0, 0.1) is 11.7 Å². The normalized spacial score (nSPS) is 22.7. The van der Waals surface area contributed by atoms with E-state index in [9.17, 15) is 14.0 Å². The van der Waals surface area contributed by atoms with Gasteiger partial charge < -0.3 is 4.74 Å². The molecule has 5 rings (SSSR count). The fourth-order valence-electron chi connectivity index (χ4n) is 4.20. The molecule has 2 amide bonds. The van der Waals surface area contributed by atoms with Crippen LogP contribution in [0.3, 0.4) is 0 Å². The van der Waals surface area contributed by atoms with E-state index in [4.69, 9.17) is 9.57 Å². The summed E-state index contributed by atoms with van der Waals surface area (Å²) in [7, 11) is 1.58. The summed E-state index contributed by atoms with van der Waals surface area (Å²) in [6, 6.07) is 21.5. The molecule has 0 aliphatic carbocycles. The minimum Gasteiger partial charge on any atom is -0.497 e. The summed E-state index contributed by atoms with van der Waals surface area (Å²) in [5, 5.41) is 1.63. The van der Waals surface area contributed by atoms with E-state index >= 15 is 0 Å². The number of carbonyl (C=O) groups excluding carboxylic acids is 2. The Bertz CT molecular complexity index is 1120. The molecule has 2 aliphatic heterocycles. The zero-order chi connectivity index (χ0) is 21.5. The van der Waals surface area contributed by atoms with Gasteiger partial charge in [-0.3, -0.25) is 14.4 Å². The van der Waals surface area contributed by atoms with Gasteiger partial charge in [-0.1, -0.05) is 30.3 Å². The molecule has 0 unspecified atom stereocenters. The highest BCUT2D eigenvalue weighted by Gasteiger charge is 2.60. The van der Waals surface area contributed by atoms with Crippen LogP contribution in [0.5, 0.6) is 5.75 Å². The van der Waals surface area contributed by atoms with E-state index in [0.29, 0.717) is 11.4 Å². The smallest absolute Gasteiger partial charge is 0.266 e. The molecule has 2 fully saturated rings. The Balaban J connectivity index is 1.57. The first-order valence-electron chi connectivity index (χ1n) is 9.87. The van der Waals surface area contributed by atoms with Crippen LogP contribution in [0.25, 0.3) is 0 Å². The summed E-state index contributed by atoms with van der Waals surface area (Å²) in [6.45, 7) is 0. The third-order valence-electron chi connectivity index (χ3n) is 5.67. The summed E-state index contributed by atoms with van der Waals surface area (Å²) in [6.07, 6.45) is -0.968. The average molecular weight is 418 g/mol. The Morgan fingerprint density at radius 1 is 0.839 bits per heavy atom. The number of fused-ring (bicyclic) bond motifs is 1. The molecule has 0 saturated carbocycles. The standard InChI is InChI=1S/C24H19FN2O4/c1-30-19-13-7-15(8-14-19)21-20-22(31-27(21)18-5-3-2-4-6-18)24(29)26(23(20)28)17-11-9-16(25)10-12-17/h2-14,20-22H,1H3/t20-,21-,22+/m0/s1. The van der Waals surface area contributed by atoms with Crippen molar-refractivity contribution in [2.75, 3.05) is 17.1 Å². The molecule has 2 heterocycles. The number of anilines is 2. The molecular formula is C24H19FN2O4. The van der Waals surface area contributed by atoms with Gasteiger partial charge in [-0.05, 0) is 54.1 Å². The molecule has 0 bridgehead atoms. The summed E-state index contributed by atoms with van der Waals surface area (Å²) in [5.41, 5.74) is 1.89. The quantitative estimate of drug-likeness (QED) is 0.602. The first-order chi connectivity index (χ1) is 15.1. The molecule has 2 aliphatic rings. The monoisotopic (exact) mass is 418 g/mol. The van der Waals surface area contributed by atoms with E-state index in [-0.39, 0.29) is 5.91 Å². The molecule has 3 aromatic carbocycles. The van der Waals surface area contributed by atoms with E-state index in [1.54, 1.807) is 12.2 Å². The summed E-state index contributed by atoms with van der Waals surface area (Å²) in [4.78, 5) is 33.8. The van der Waals surface area contributed by atoms with Crippen LogP contribution in [0.2, 0.25) is 0 Å². The summed E-state index contributed by atoms with van der Waals surface area (Å²) < 4.78 is 18.6. The fourth-order valence-corrected chi connectivity index (χ4v) is 4.20. The van der Waals surface area contributed by atoms with Crippen LogP contribution in [0.15, 0.2) is 78.9 Å². The maximum atomic E-state index is 13.4. The number of imide groups is 1. The summed E-state index contributed by atoms with van der Waals surface area (Å²) >= 11 is 0. The number of halogens is 1. The van der Waals surface area contributed by atoms with Gasteiger partial charge in [0.05, 0.1) is 24.5 Å². The number of benzene rings is 3. The van der Waals surface area contributed by atoms with E-state index in [2.05, 4.69) is 0 Å². The summed E-state index contributed by atoms with van der Waals surface area (Å²) in [5.74, 6) is -1.33. The topological polar surface area (TPSA) is 59.1 Å². The van der Waals surface area contributed by atoms with Crippen molar-refractivity contribution in [3.8, 4) is 5.75 Å². The Labute approximate surface area is 178 Å². The molecule has 3 aromatic rings. The second kappa shape index (κ2) is 7.52. The molecule has 0 radical (unpaired) electrons. The number of rotatable bonds is 4. The van der Waals surface area contributed by atoms with Crippen molar-refractivity contribution in [1.82, 2.24) is 0 Å². The third-order valence-corrected chi connectivity index (χ3v) is 5.67. The molecule has 6 nitrogen and oxygen atoms in total. The predicted octanol–water partition coefficient (Wildman–Crippen LogP) is 3.89. The first-order valence-corrected chi connectivity index (χ1v) is 9.87. The van der Waals surface area contributed by atoms with Crippen molar-refractivity contribution in [3.05, 3.63) is 90.2 Å². The molecule has 2 saturated heterocycles. The number of hydrogen-bond acceptors (Lipinski definition) is 5. The number of hydrogen-bond donors (Lipinski definition) is 0. The molecule has 3 atom stereocenters. The lowest BCUT2D eigenvalue weighted by atomic mass is 9.90. The van der Waals surface area contributed by atoms with Crippen LogP contribution in [0.1, 0.15) is 11.6 Å². The molecule has 31 heavy (non-hydrogen) atoms. The lowest BCUT2D eigenvalue weighted by Crippen LogP contribution is -2.37. The van der Waals surface area contributed by atoms with Gasteiger partial charge in [-0.2, -0.15) is 0 Å². The largest absolute Gasteiger partial charge is 0.497 e. The van der Waals surface area contributed by atoms with Crippen molar-refractivity contribution in [3.63, 3.8) is 0 Å². The van der Waals surface area contributed by atoms with Crippen molar-refractivity contribution >= 4 is 23.2 Å². The van der Waals surface area contributed by atoms with Gasteiger partial charge in [0.25, 0.3) is 5.91 Å². The molecule has 7 heteroatoms. The lowest BCUT2D eigenvalue weighted by Gasteiger charge is -2.28. The average Bonchev–Trinajstić information content (AvgIpc) is 3.31. The minimum atomic E-state index is -0.968. The Hall–Kier alpha value is -3.71. The fraction of sp³-hybridized carbons (Fsp3) is 0.167. The highest BCUT2D eigenvalue weighted by atomic mass is 19.1. The maximum Gasteiger partial charge on any atom is 0.266 e. The predicted molar refractivity (Wildman–Crippen MR) is 112 cm³/mol. The van der Waals surface area contributed by atoms with Gasteiger partial charge in [0.2, 0.25) is 5.91 Å². The Kier molecular flexibility index (Phi) is 4.67. The van der Waals surface area contributed by atoms with Gasteiger partial charge in [0.15, 0.2) is 6.10 Å². The number of nitrogens with zero attached hydrogens (tertiary/aromatic N) is 2. The van der Waals surface area contributed by atoms with Crippen LogP contribution in [0.4, 0.5) is 15.8 Å². The van der Waals surface area contributed by atoms with E-state index < -0.39 is 29.8 Å². The number of para-hydroxylation sites is 1. The minimum absolute atomic E-state index is 0.328. The van der Waals surface area contributed by atoms with Gasteiger partial charge in [-0.15, -0.1) is 0 Å². The molecular weight excluding hydrogens is 399 g/mol. The van der Waals surface area contributed by atoms with Gasteiger partial charge in [0, 0.05) is 0 Å². The zero-order valence-electron chi connectivity index (χ0n) is 16.6. The Morgan fingerprint density at radius 2 is 1.52 bits per heavy atom. The number of methoxy groups -OCH3 is 1. The highest BCUT2D eigenvalue weighted by Crippen LogP contribution is 2.47. The lowest BCUT2D eigenvalue weighted by molar-refractivity contribution is -0.126. The van der Waals surface area contributed by atoms with Crippen LogP contribution in [-0.2, 0) is 14.4 Å². The Morgan fingerprint density at radius 3 is 2.16 bits per heavy atom. The first kappa shape index (κ1) is 19.3. The van der Waals surface area contributed by atoms with Crippen LogP contribution in [-0.4, -0.2) is 25.0 Å². The van der Waals surface area contributed by atoms with E-state index in [0.717, 1.165) is 16.2 Å². The number of amides is 2. The number of hydroxylamine groups is 1. The highest BCUT2D eigenvalue weighted by molar-refractivity contribution is 6.23. The number of carbonyl (C=O) groups is 2. The molecule has 0 spiro atoms. The van der Waals surface area contributed by atoms with Crippen molar-refractivity contribution < 1.29 is 23.6 Å². The third kappa shape index (κ3) is 3.14. The zero-order valence-corrected chi connectivity index (χ0v) is 16.6. The SMILES string of the molecule is COc1ccc([C@H]2[C@@H]3C(=O)N(c4ccc(F)cc4)C(=O)[C@@H]3ON2c2ccccc2)cc1.